The quantitative estimate of drug-likeness (QED) is 0.821. The van der Waals surface area contributed by atoms with Gasteiger partial charge in [0.1, 0.15) is 5.00 Å². The molecule has 1 saturated carbocycles. The van der Waals surface area contributed by atoms with E-state index in [-0.39, 0.29) is 10.7 Å². The maximum Gasteiger partial charge on any atom is 0.249 e. The molecule has 1 aliphatic carbocycles. The molecule has 0 bridgehead atoms. The van der Waals surface area contributed by atoms with E-state index in [0.717, 1.165) is 34.7 Å². The Hall–Kier alpha value is -0.860. The van der Waals surface area contributed by atoms with E-state index < -0.39 is 10.0 Å². The SMILES string of the molecule is CN(C)S(=O)(=O)c1c(N)nsc1NCCC1CC1. The fourth-order valence-corrected chi connectivity index (χ4v) is 3.74. The van der Waals surface area contributed by atoms with Gasteiger partial charge in [0.25, 0.3) is 0 Å². The van der Waals surface area contributed by atoms with E-state index in [1.54, 1.807) is 0 Å². The number of hydrogen-bond acceptors (Lipinski definition) is 6. The minimum Gasteiger partial charge on any atom is -0.382 e. The van der Waals surface area contributed by atoms with Crippen molar-refractivity contribution in [1.29, 1.82) is 0 Å². The zero-order valence-corrected chi connectivity index (χ0v) is 12.1. The van der Waals surface area contributed by atoms with Gasteiger partial charge in [0.2, 0.25) is 10.0 Å². The van der Waals surface area contributed by atoms with Crippen LogP contribution in [0.3, 0.4) is 0 Å². The minimum atomic E-state index is -3.54. The molecule has 18 heavy (non-hydrogen) atoms. The minimum absolute atomic E-state index is 0.0719. The summed E-state index contributed by atoms with van der Waals surface area (Å²) in [6.45, 7) is 0.766. The second-order valence-corrected chi connectivity index (χ2v) is 7.53. The highest BCUT2D eigenvalue weighted by molar-refractivity contribution is 7.89. The number of sulfonamides is 1. The van der Waals surface area contributed by atoms with Crippen LogP contribution in [0.4, 0.5) is 10.8 Å². The summed E-state index contributed by atoms with van der Waals surface area (Å²) in [6, 6.07) is 0. The normalized spacial score (nSPS) is 16.2. The highest BCUT2D eigenvalue weighted by atomic mass is 32.2. The molecule has 2 rings (SSSR count). The average Bonchev–Trinajstić information content (AvgIpc) is 3.02. The van der Waals surface area contributed by atoms with Gasteiger partial charge in [0, 0.05) is 20.6 Å². The smallest absolute Gasteiger partial charge is 0.249 e. The van der Waals surface area contributed by atoms with Crippen molar-refractivity contribution in [2.75, 3.05) is 31.7 Å². The summed E-state index contributed by atoms with van der Waals surface area (Å²) in [7, 11) is -0.563. The van der Waals surface area contributed by atoms with Gasteiger partial charge >= 0.3 is 0 Å². The van der Waals surface area contributed by atoms with Crippen LogP contribution in [0.25, 0.3) is 0 Å². The summed E-state index contributed by atoms with van der Waals surface area (Å²) in [5.41, 5.74) is 5.66. The third-order valence-electron chi connectivity index (χ3n) is 2.95. The summed E-state index contributed by atoms with van der Waals surface area (Å²) in [6.07, 6.45) is 3.64. The first kappa shape index (κ1) is 13.6. The standard InChI is InChI=1S/C10H18N4O2S2/c1-14(2)18(15,16)8-9(11)13-17-10(8)12-6-5-7-3-4-7/h7,12H,3-6H2,1-2H3,(H2,11,13). The van der Waals surface area contributed by atoms with Crippen molar-refractivity contribution in [3.8, 4) is 0 Å². The van der Waals surface area contributed by atoms with Crippen molar-refractivity contribution in [3.63, 3.8) is 0 Å². The van der Waals surface area contributed by atoms with E-state index in [4.69, 9.17) is 5.73 Å². The largest absolute Gasteiger partial charge is 0.382 e. The van der Waals surface area contributed by atoms with Crippen LogP contribution in [0.2, 0.25) is 0 Å². The van der Waals surface area contributed by atoms with Crippen molar-refractivity contribution in [1.82, 2.24) is 8.68 Å². The van der Waals surface area contributed by atoms with Crippen LogP contribution < -0.4 is 11.1 Å². The third kappa shape index (κ3) is 2.76. The molecule has 0 aliphatic heterocycles. The number of nitrogen functional groups attached to an aromatic ring is 1. The van der Waals surface area contributed by atoms with Crippen LogP contribution in [-0.2, 0) is 10.0 Å². The zero-order chi connectivity index (χ0) is 13.3. The Morgan fingerprint density at radius 3 is 2.72 bits per heavy atom. The number of hydrogen-bond donors (Lipinski definition) is 2. The van der Waals surface area contributed by atoms with Crippen molar-refractivity contribution in [2.24, 2.45) is 5.92 Å². The van der Waals surface area contributed by atoms with Gasteiger partial charge in [-0.15, -0.1) is 0 Å². The lowest BCUT2D eigenvalue weighted by atomic mass is 10.3. The van der Waals surface area contributed by atoms with Crippen LogP contribution in [0.5, 0.6) is 0 Å². The van der Waals surface area contributed by atoms with E-state index in [1.165, 1.54) is 26.9 Å². The average molecular weight is 290 g/mol. The highest BCUT2D eigenvalue weighted by Crippen LogP contribution is 2.35. The lowest BCUT2D eigenvalue weighted by Gasteiger charge is -2.12. The predicted octanol–water partition coefficient (Wildman–Crippen LogP) is 1.19. The summed E-state index contributed by atoms with van der Waals surface area (Å²) in [4.78, 5) is 0.105. The van der Waals surface area contributed by atoms with E-state index in [9.17, 15) is 8.42 Å². The molecule has 1 heterocycles. The predicted molar refractivity (Wildman–Crippen MR) is 73.2 cm³/mol. The monoisotopic (exact) mass is 290 g/mol. The summed E-state index contributed by atoms with van der Waals surface area (Å²) in [5, 5.41) is 3.68. The Kier molecular flexibility index (Phi) is 3.79. The highest BCUT2D eigenvalue weighted by Gasteiger charge is 2.28. The number of nitrogens with zero attached hydrogens (tertiary/aromatic N) is 2. The van der Waals surface area contributed by atoms with Crippen LogP contribution in [0.15, 0.2) is 4.90 Å². The summed E-state index contributed by atoms with van der Waals surface area (Å²) < 4.78 is 29.3. The third-order valence-corrected chi connectivity index (χ3v) is 5.79. The Morgan fingerprint density at radius 2 is 2.17 bits per heavy atom. The van der Waals surface area contributed by atoms with Gasteiger partial charge in [-0.25, -0.2) is 12.7 Å². The van der Waals surface area contributed by atoms with Gasteiger partial charge in [-0.1, -0.05) is 12.8 Å². The molecule has 0 amide bonds. The van der Waals surface area contributed by atoms with Crippen molar-refractivity contribution in [3.05, 3.63) is 0 Å². The number of aromatic nitrogens is 1. The zero-order valence-electron chi connectivity index (χ0n) is 10.5. The molecule has 1 aromatic rings. The molecule has 0 atom stereocenters. The van der Waals surface area contributed by atoms with Crippen LogP contribution in [-0.4, -0.2) is 37.7 Å². The molecule has 0 aromatic carbocycles. The fraction of sp³-hybridized carbons (Fsp3) is 0.700. The first-order chi connectivity index (χ1) is 8.43. The molecule has 0 saturated heterocycles. The molecular formula is C10H18N4O2S2. The first-order valence-corrected chi connectivity index (χ1v) is 8.06. The molecular weight excluding hydrogens is 272 g/mol. The molecule has 0 spiro atoms. The molecule has 1 fully saturated rings. The summed E-state index contributed by atoms with van der Waals surface area (Å²) in [5.74, 6) is 0.874. The van der Waals surface area contributed by atoms with E-state index in [0.29, 0.717) is 5.00 Å². The van der Waals surface area contributed by atoms with E-state index in [1.807, 2.05) is 0 Å². The number of nitrogens with two attached hydrogens (primary N) is 1. The number of rotatable bonds is 6. The number of anilines is 2. The molecule has 1 aromatic heterocycles. The molecule has 0 unspecified atom stereocenters. The van der Waals surface area contributed by atoms with Gasteiger partial charge in [-0.3, -0.25) is 0 Å². The molecule has 1 aliphatic rings. The van der Waals surface area contributed by atoms with Crippen LogP contribution >= 0.6 is 11.5 Å². The molecule has 3 N–H and O–H groups in total. The topological polar surface area (TPSA) is 88.3 Å². The molecule has 6 nitrogen and oxygen atoms in total. The maximum absolute atomic E-state index is 12.1. The molecule has 0 radical (unpaired) electrons. The van der Waals surface area contributed by atoms with Crippen molar-refractivity contribution < 1.29 is 8.42 Å². The van der Waals surface area contributed by atoms with Gasteiger partial charge < -0.3 is 11.1 Å². The molecule has 8 heteroatoms. The second kappa shape index (κ2) is 5.02. The van der Waals surface area contributed by atoms with E-state index in [2.05, 4.69) is 9.69 Å². The Labute approximate surface area is 111 Å². The fourth-order valence-electron chi connectivity index (χ4n) is 1.63. The Morgan fingerprint density at radius 1 is 1.50 bits per heavy atom. The maximum atomic E-state index is 12.1. The van der Waals surface area contributed by atoms with Gasteiger partial charge in [0.05, 0.1) is 0 Å². The first-order valence-electron chi connectivity index (χ1n) is 5.84. The van der Waals surface area contributed by atoms with Gasteiger partial charge in [0.15, 0.2) is 10.7 Å². The Bertz CT molecular complexity index is 520. The van der Waals surface area contributed by atoms with Gasteiger partial charge in [-0.2, -0.15) is 4.37 Å². The lowest BCUT2D eigenvalue weighted by molar-refractivity contribution is 0.521. The molecule has 102 valence electrons. The Balaban J connectivity index is 2.15. The van der Waals surface area contributed by atoms with Crippen molar-refractivity contribution >= 4 is 32.4 Å². The number of nitrogens with one attached hydrogen (secondary N) is 1. The van der Waals surface area contributed by atoms with Gasteiger partial charge in [-0.05, 0) is 23.9 Å². The van der Waals surface area contributed by atoms with Crippen molar-refractivity contribution in [2.45, 2.75) is 24.2 Å². The van der Waals surface area contributed by atoms with E-state index >= 15 is 0 Å². The van der Waals surface area contributed by atoms with Crippen LogP contribution in [0.1, 0.15) is 19.3 Å². The lowest BCUT2D eigenvalue weighted by Crippen LogP contribution is -2.23. The van der Waals surface area contributed by atoms with Crippen LogP contribution in [0, 0.1) is 5.92 Å². The summed E-state index contributed by atoms with van der Waals surface area (Å²) >= 11 is 1.10. The second-order valence-electron chi connectivity index (χ2n) is 4.67.